The van der Waals surface area contributed by atoms with Crippen LogP contribution in [-0.4, -0.2) is 23.4 Å². The highest BCUT2D eigenvalue weighted by Gasteiger charge is 2.26. The van der Waals surface area contributed by atoms with Gasteiger partial charge in [-0.15, -0.1) is 0 Å². The first-order valence-corrected chi connectivity index (χ1v) is 7.46. The summed E-state index contributed by atoms with van der Waals surface area (Å²) in [7, 11) is -3.77. The first kappa shape index (κ1) is 12.9. The van der Waals surface area contributed by atoms with Gasteiger partial charge in [-0.2, -0.15) is 0 Å². The van der Waals surface area contributed by atoms with Crippen LogP contribution in [0.15, 0.2) is 46.3 Å². The smallest absolute Gasteiger partial charge is 0.223 e. The van der Waals surface area contributed by atoms with E-state index < -0.39 is 9.84 Å². The van der Waals surface area contributed by atoms with Gasteiger partial charge in [-0.05, 0) is 23.7 Å². The maximum Gasteiger partial charge on any atom is 0.223 e. The van der Waals surface area contributed by atoms with Crippen molar-refractivity contribution in [2.24, 2.45) is 0 Å². The molecule has 3 rings (SSSR count). The first-order chi connectivity index (χ1) is 9.50. The fourth-order valence-corrected chi connectivity index (χ4v) is 3.58. The lowest BCUT2D eigenvalue weighted by molar-refractivity contribution is 0.597. The third-order valence-electron chi connectivity index (χ3n) is 2.81. The van der Waals surface area contributed by atoms with Crippen molar-refractivity contribution >= 4 is 38.3 Å². The molecule has 0 spiro atoms. The number of benzene rings is 1. The number of aromatic amines is 1. The van der Waals surface area contributed by atoms with Gasteiger partial charge in [0.25, 0.3) is 0 Å². The summed E-state index contributed by atoms with van der Waals surface area (Å²) in [5.41, 5.74) is 6.39. The van der Waals surface area contributed by atoms with Gasteiger partial charge in [-0.25, -0.2) is 18.4 Å². The maximum atomic E-state index is 12.6. The first-order valence-electron chi connectivity index (χ1n) is 5.60. The van der Waals surface area contributed by atoms with E-state index in [1.165, 1.54) is 18.3 Å². The van der Waals surface area contributed by atoms with E-state index >= 15 is 0 Å². The Morgan fingerprint density at radius 2 is 1.90 bits per heavy atom. The van der Waals surface area contributed by atoms with Crippen LogP contribution in [0.4, 0.5) is 5.82 Å². The van der Waals surface area contributed by atoms with E-state index in [0.717, 1.165) is 0 Å². The van der Waals surface area contributed by atoms with Crippen LogP contribution in [-0.2, 0) is 9.84 Å². The molecule has 102 valence electrons. The molecule has 20 heavy (non-hydrogen) atoms. The summed E-state index contributed by atoms with van der Waals surface area (Å²) in [6.07, 6.45) is 1.39. The molecule has 6 nitrogen and oxygen atoms in total. The molecule has 0 saturated heterocycles. The minimum Gasteiger partial charge on any atom is -0.384 e. The number of anilines is 1. The van der Waals surface area contributed by atoms with Crippen LogP contribution in [0.25, 0.3) is 11.0 Å². The lowest BCUT2D eigenvalue weighted by atomic mass is 10.4. The largest absolute Gasteiger partial charge is 0.384 e. The van der Waals surface area contributed by atoms with Gasteiger partial charge in [0.1, 0.15) is 16.2 Å². The molecule has 0 radical (unpaired) electrons. The SMILES string of the molecule is Nc1[nH]c2cnc(Cl)nc2c1S(=O)(=O)c1ccccc1. The quantitative estimate of drug-likeness (QED) is 0.705. The van der Waals surface area contributed by atoms with E-state index in [2.05, 4.69) is 15.0 Å². The predicted molar refractivity (Wildman–Crippen MR) is 75.2 cm³/mol. The van der Waals surface area contributed by atoms with Crippen LogP contribution in [0.5, 0.6) is 0 Å². The summed E-state index contributed by atoms with van der Waals surface area (Å²) in [6, 6.07) is 8.00. The second-order valence-corrected chi connectivity index (χ2v) is 6.31. The van der Waals surface area contributed by atoms with E-state index in [4.69, 9.17) is 17.3 Å². The van der Waals surface area contributed by atoms with Crippen molar-refractivity contribution in [3.63, 3.8) is 0 Å². The normalized spacial score (nSPS) is 11.8. The molecule has 2 aromatic heterocycles. The number of nitrogens with one attached hydrogen (secondary N) is 1. The molecule has 0 atom stereocenters. The number of fused-ring (bicyclic) bond motifs is 1. The molecule has 8 heteroatoms. The molecule has 0 fully saturated rings. The molecule has 0 aliphatic rings. The number of rotatable bonds is 2. The van der Waals surface area contributed by atoms with Crippen LogP contribution in [0.2, 0.25) is 5.28 Å². The van der Waals surface area contributed by atoms with Gasteiger partial charge in [-0.1, -0.05) is 18.2 Å². The van der Waals surface area contributed by atoms with Crippen LogP contribution < -0.4 is 5.73 Å². The Kier molecular flexibility index (Phi) is 2.88. The highest BCUT2D eigenvalue weighted by Crippen LogP contribution is 2.32. The van der Waals surface area contributed by atoms with Gasteiger partial charge in [0.15, 0.2) is 0 Å². The minimum absolute atomic E-state index is 0.0143. The zero-order chi connectivity index (χ0) is 14.3. The molecular formula is C12H9ClN4O2S. The molecule has 0 saturated carbocycles. The number of halogens is 1. The molecule has 3 aromatic rings. The Bertz CT molecular complexity index is 890. The highest BCUT2D eigenvalue weighted by atomic mass is 35.5. The fraction of sp³-hybridized carbons (Fsp3) is 0. The summed E-state index contributed by atoms with van der Waals surface area (Å²) in [5.74, 6) is 0.0143. The highest BCUT2D eigenvalue weighted by molar-refractivity contribution is 7.91. The Labute approximate surface area is 119 Å². The van der Waals surface area contributed by atoms with Crippen molar-refractivity contribution in [1.82, 2.24) is 15.0 Å². The maximum absolute atomic E-state index is 12.6. The lowest BCUT2D eigenvalue weighted by Gasteiger charge is -2.03. The summed E-state index contributed by atoms with van der Waals surface area (Å²) in [5, 5.41) is -0.0407. The third-order valence-corrected chi connectivity index (χ3v) is 4.84. The number of hydrogen-bond donors (Lipinski definition) is 2. The number of aromatic nitrogens is 3. The minimum atomic E-state index is -3.77. The van der Waals surface area contributed by atoms with E-state index in [1.54, 1.807) is 18.2 Å². The standard InChI is InChI=1S/C12H9ClN4O2S/c13-12-15-6-8-9(17-12)10(11(14)16-8)20(18,19)7-4-2-1-3-5-7/h1-6,16H,14H2. The number of nitrogens with zero attached hydrogens (tertiary/aromatic N) is 2. The van der Waals surface area contributed by atoms with E-state index in [0.29, 0.717) is 5.52 Å². The number of nitrogen functional groups attached to an aromatic ring is 1. The number of nitrogens with two attached hydrogens (primary N) is 1. The fourth-order valence-electron chi connectivity index (χ4n) is 1.94. The van der Waals surface area contributed by atoms with Crippen molar-refractivity contribution in [2.75, 3.05) is 5.73 Å². The van der Waals surface area contributed by atoms with Crippen LogP contribution in [0, 0.1) is 0 Å². The van der Waals surface area contributed by atoms with Crippen LogP contribution in [0.1, 0.15) is 0 Å². The second kappa shape index (κ2) is 4.46. The van der Waals surface area contributed by atoms with Gasteiger partial charge in [0, 0.05) is 0 Å². The summed E-state index contributed by atoms with van der Waals surface area (Å²) in [6.45, 7) is 0. The molecule has 0 aliphatic carbocycles. The zero-order valence-electron chi connectivity index (χ0n) is 10.0. The van der Waals surface area contributed by atoms with Crippen molar-refractivity contribution < 1.29 is 8.42 Å². The van der Waals surface area contributed by atoms with E-state index in [9.17, 15) is 8.42 Å². The third kappa shape index (κ3) is 1.91. The number of hydrogen-bond acceptors (Lipinski definition) is 5. The summed E-state index contributed by atoms with van der Waals surface area (Å²) >= 11 is 5.72. The summed E-state index contributed by atoms with van der Waals surface area (Å²) in [4.78, 5) is 10.5. The van der Waals surface area contributed by atoms with Crippen molar-refractivity contribution in [3.8, 4) is 0 Å². The van der Waals surface area contributed by atoms with Crippen LogP contribution >= 0.6 is 11.6 Å². The topological polar surface area (TPSA) is 102 Å². The van der Waals surface area contributed by atoms with Gasteiger partial charge < -0.3 is 10.7 Å². The Hall–Kier alpha value is -2.12. The molecular weight excluding hydrogens is 300 g/mol. The van der Waals surface area contributed by atoms with Gasteiger partial charge in [-0.3, -0.25) is 0 Å². The monoisotopic (exact) mass is 308 g/mol. The number of H-pyrrole nitrogens is 1. The Morgan fingerprint density at radius 3 is 2.60 bits per heavy atom. The van der Waals surface area contributed by atoms with Gasteiger partial charge in [0.05, 0.1) is 16.6 Å². The zero-order valence-corrected chi connectivity index (χ0v) is 11.6. The molecule has 0 unspecified atom stereocenters. The van der Waals surface area contributed by atoms with Crippen LogP contribution in [0.3, 0.4) is 0 Å². The molecule has 2 heterocycles. The van der Waals surface area contributed by atoms with Gasteiger partial charge in [0.2, 0.25) is 15.1 Å². The molecule has 1 aromatic carbocycles. The Morgan fingerprint density at radius 1 is 1.20 bits per heavy atom. The average molecular weight is 309 g/mol. The number of sulfone groups is 1. The Balaban J connectivity index is 2.35. The predicted octanol–water partition coefficient (Wildman–Crippen LogP) is 2.03. The van der Waals surface area contributed by atoms with E-state index in [1.807, 2.05) is 0 Å². The molecule has 3 N–H and O–H groups in total. The van der Waals surface area contributed by atoms with Gasteiger partial charge >= 0.3 is 0 Å². The van der Waals surface area contributed by atoms with Crippen molar-refractivity contribution in [2.45, 2.75) is 9.79 Å². The molecule has 0 amide bonds. The molecule has 0 bridgehead atoms. The second-order valence-electron chi connectivity index (χ2n) is 4.09. The molecule has 0 aliphatic heterocycles. The van der Waals surface area contributed by atoms with Crippen molar-refractivity contribution in [1.29, 1.82) is 0 Å². The van der Waals surface area contributed by atoms with Crippen molar-refractivity contribution in [3.05, 3.63) is 41.8 Å². The summed E-state index contributed by atoms with van der Waals surface area (Å²) < 4.78 is 25.3. The lowest BCUT2D eigenvalue weighted by Crippen LogP contribution is -2.04. The van der Waals surface area contributed by atoms with E-state index in [-0.39, 0.29) is 26.4 Å². The average Bonchev–Trinajstić information content (AvgIpc) is 2.75.